The fraction of sp³-hybridized carbons (Fsp3) is 0.185. The zero-order chi connectivity index (χ0) is 19.6. The van der Waals surface area contributed by atoms with E-state index in [1.807, 2.05) is 60.7 Å². The van der Waals surface area contributed by atoms with Crippen molar-refractivity contribution >= 4 is 10.8 Å². The number of rotatable bonds is 4. The van der Waals surface area contributed by atoms with E-state index >= 15 is 0 Å². The summed E-state index contributed by atoms with van der Waals surface area (Å²) in [5.74, 6) is 4.33. The fourth-order valence-electron chi connectivity index (χ4n) is 4.25. The van der Waals surface area contributed by atoms with Crippen molar-refractivity contribution in [1.82, 2.24) is 0 Å². The number of hydrogen-bond donors (Lipinski definition) is 0. The third kappa shape index (κ3) is 3.47. The molecule has 0 saturated heterocycles. The molecule has 0 aliphatic heterocycles. The highest BCUT2D eigenvalue weighted by atomic mass is 16.5. The molecule has 1 atom stereocenters. The Morgan fingerprint density at radius 3 is 1.66 bits per heavy atom. The summed E-state index contributed by atoms with van der Waals surface area (Å²) in [5.41, 5.74) is 2.58. The molecule has 0 N–H and O–H groups in total. The highest BCUT2D eigenvalue weighted by molar-refractivity contribution is 5.96. The van der Waals surface area contributed by atoms with Crippen molar-refractivity contribution in [2.45, 2.75) is 26.2 Å². The van der Waals surface area contributed by atoms with Gasteiger partial charge in [0.15, 0.2) is 0 Å². The van der Waals surface area contributed by atoms with Crippen LogP contribution in [0.4, 0.5) is 0 Å². The van der Waals surface area contributed by atoms with Crippen LogP contribution < -0.4 is 9.47 Å². The van der Waals surface area contributed by atoms with Crippen molar-refractivity contribution < 1.29 is 9.47 Å². The highest BCUT2D eigenvalue weighted by Gasteiger charge is 2.27. The lowest BCUT2D eigenvalue weighted by Gasteiger charge is -2.28. The molecule has 4 aromatic rings. The molecule has 0 radical (unpaired) electrons. The van der Waals surface area contributed by atoms with Crippen molar-refractivity contribution in [3.8, 4) is 23.0 Å². The highest BCUT2D eigenvalue weighted by Crippen LogP contribution is 2.47. The quantitative estimate of drug-likeness (QED) is 0.364. The first-order valence-electron chi connectivity index (χ1n) is 10.3. The van der Waals surface area contributed by atoms with Crippen LogP contribution in [0.5, 0.6) is 23.0 Å². The van der Waals surface area contributed by atoms with Crippen LogP contribution in [0.1, 0.15) is 24.5 Å². The molecule has 1 unspecified atom stereocenters. The van der Waals surface area contributed by atoms with Crippen LogP contribution in [0.25, 0.3) is 10.8 Å². The molecule has 0 bridgehead atoms. The van der Waals surface area contributed by atoms with E-state index in [-0.39, 0.29) is 0 Å². The van der Waals surface area contributed by atoms with E-state index in [4.69, 9.17) is 9.47 Å². The summed E-state index contributed by atoms with van der Waals surface area (Å²) in [7, 11) is 0. The number of benzene rings is 4. The van der Waals surface area contributed by atoms with Gasteiger partial charge in [-0.25, -0.2) is 0 Å². The number of fused-ring (bicyclic) bond motifs is 2. The Bertz CT molecular complexity index is 1130. The molecule has 2 heteroatoms. The normalized spacial score (nSPS) is 15.7. The molecule has 29 heavy (non-hydrogen) atoms. The molecular weight excluding hydrogens is 356 g/mol. The molecule has 0 amide bonds. The van der Waals surface area contributed by atoms with Gasteiger partial charge in [-0.15, -0.1) is 0 Å². The second-order valence-electron chi connectivity index (χ2n) is 7.84. The van der Waals surface area contributed by atoms with Gasteiger partial charge in [-0.05, 0) is 49.4 Å². The lowest BCUT2D eigenvalue weighted by atomic mass is 9.82. The summed E-state index contributed by atoms with van der Waals surface area (Å²) >= 11 is 0. The van der Waals surface area contributed by atoms with Crippen LogP contribution in [0.3, 0.4) is 0 Å². The summed E-state index contributed by atoms with van der Waals surface area (Å²) in [6.45, 7) is 2.32. The summed E-state index contributed by atoms with van der Waals surface area (Å²) in [6.07, 6.45) is 3.18. The minimum absolute atomic E-state index is 0.631. The van der Waals surface area contributed by atoms with E-state index < -0.39 is 0 Å². The Hall–Kier alpha value is -3.26. The van der Waals surface area contributed by atoms with Crippen molar-refractivity contribution in [2.75, 3.05) is 0 Å². The third-order valence-corrected chi connectivity index (χ3v) is 5.69. The van der Waals surface area contributed by atoms with E-state index in [1.165, 1.54) is 17.5 Å². The van der Waals surface area contributed by atoms with Gasteiger partial charge in [-0.3, -0.25) is 0 Å². The van der Waals surface area contributed by atoms with Crippen LogP contribution in [-0.2, 0) is 12.8 Å². The standard InChI is InChI=1S/C27H24O2/c1-19-16-17-24-25(18-19)27(29-21-12-6-3-7-13-21)23-15-9-8-14-22(23)26(24)28-20-10-4-2-5-11-20/h2-15,19H,16-18H2,1H3. The second kappa shape index (κ2) is 7.63. The van der Waals surface area contributed by atoms with Gasteiger partial charge in [0.25, 0.3) is 0 Å². The van der Waals surface area contributed by atoms with Gasteiger partial charge < -0.3 is 9.47 Å². The summed E-state index contributed by atoms with van der Waals surface area (Å²) in [6, 6.07) is 28.6. The van der Waals surface area contributed by atoms with Gasteiger partial charge >= 0.3 is 0 Å². The van der Waals surface area contributed by atoms with Gasteiger partial charge in [0.2, 0.25) is 0 Å². The van der Waals surface area contributed by atoms with E-state index in [9.17, 15) is 0 Å². The van der Waals surface area contributed by atoms with Gasteiger partial charge in [-0.2, -0.15) is 0 Å². The molecule has 1 aliphatic carbocycles. The number of hydrogen-bond acceptors (Lipinski definition) is 2. The average Bonchev–Trinajstić information content (AvgIpc) is 2.77. The van der Waals surface area contributed by atoms with Crippen molar-refractivity contribution in [1.29, 1.82) is 0 Å². The minimum Gasteiger partial charge on any atom is -0.456 e. The smallest absolute Gasteiger partial charge is 0.138 e. The SMILES string of the molecule is CC1CCc2c(c(Oc3ccccc3)c3ccccc3c2Oc2ccccc2)C1. The molecule has 0 heterocycles. The van der Waals surface area contributed by atoms with E-state index in [1.54, 1.807) is 0 Å². The summed E-state index contributed by atoms with van der Waals surface area (Å²) in [4.78, 5) is 0. The maximum absolute atomic E-state index is 6.49. The fourth-order valence-corrected chi connectivity index (χ4v) is 4.25. The molecule has 0 aromatic heterocycles. The lowest BCUT2D eigenvalue weighted by Crippen LogP contribution is -2.14. The lowest BCUT2D eigenvalue weighted by molar-refractivity contribution is 0.433. The average molecular weight is 380 g/mol. The van der Waals surface area contributed by atoms with Crippen LogP contribution >= 0.6 is 0 Å². The Balaban J connectivity index is 1.73. The molecule has 144 valence electrons. The first-order valence-corrected chi connectivity index (χ1v) is 10.3. The Morgan fingerprint density at radius 2 is 1.10 bits per heavy atom. The van der Waals surface area contributed by atoms with Crippen LogP contribution in [0.2, 0.25) is 0 Å². The zero-order valence-corrected chi connectivity index (χ0v) is 16.6. The Morgan fingerprint density at radius 1 is 0.621 bits per heavy atom. The van der Waals surface area contributed by atoms with Gasteiger partial charge in [-0.1, -0.05) is 67.6 Å². The maximum atomic E-state index is 6.49. The Labute approximate surface area is 171 Å². The predicted molar refractivity (Wildman–Crippen MR) is 118 cm³/mol. The summed E-state index contributed by atoms with van der Waals surface area (Å²) in [5, 5.41) is 2.21. The minimum atomic E-state index is 0.631. The van der Waals surface area contributed by atoms with Crippen molar-refractivity contribution in [2.24, 2.45) is 5.92 Å². The first kappa shape index (κ1) is 17.8. The van der Waals surface area contributed by atoms with Gasteiger partial charge in [0.05, 0.1) is 0 Å². The largest absolute Gasteiger partial charge is 0.456 e. The second-order valence-corrected chi connectivity index (χ2v) is 7.84. The van der Waals surface area contributed by atoms with Crippen LogP contribution in [0.15, 0.2) is 84.9 Å². The molecular formula is C27H24O2. The number of ether oxygens (including phenoxy) is 2. The van der Waals surface area contributed by atoms with E-state index in [0.29, 0.717) is 5.92 Å². The molecule has 1 aliphatic rings. The summed E-state index contributed by atoms with van der Waals surface area (Å²) < 4.78 is 13.0. The molecule has 5 rings (SSSR count). The van der Waals surface area contributed by atoms with Crippen molar-refractivity contribution in [3.63, 3.8) is 0 Å². The Kier molecular flexibility index (Phi) is 4.69. The number of para-hydroxylation sites is 2. The molecule has 0 fully saturated rings. The predicted octanol–water partition coefficient (Wildman–Crippen LogP) is 7.55. The van der Waals surface area contributed by atoms with E-state index in [0.717, 1.165) is 46.6 Å². The topological polar surface area (TPSA) is 18.5 Å². The van der Waals surface area contributed by atoms with Gasteiger partial charge in [0, 0.05) is 21.9 Å². The molecule has 0 saturated carbocycles. The van der Waals surface area contributed by atoms with Crippen molar-refractivity contribution in [3.05, 3.63) is 96.1 Å². The molecule has 4 aromatic carbocycles. The van der Waals surface area contributed by atoms with Gasteiger partial charge in [0.1, 0.15) is 23.0 Å². The first-order chi connectivity index (χ1) is 14.3. The van der Waals surface area contributed by atoms with Crippen LogP contribution in [-0.4, -0.2) is 0 Å². The monoisotopic (exact) mass is 380 g/mol. The zero-order valence-electron chi connectivity index (χ0n) is 16.6. The van der Waals surface area contributed by atoms with Crippen LogP contribution in [0, 0.1) is 5.92 Å². The third-order valence-electron chi connectivity index (χ3n) is 5.69. The van der Waals surface area contributed by atoms with E-state index in [2.05, 4.69) is 31.2 Å². The maximum Gasteiger partial charge on any atom is 0.138 e. The molecule has 0 spiro atoms. The molecule has 2 nitrogen and oxygen atoms in total.